The third-order valence-corrected chi connectivity index (χ3v) is 5.61. The first-order valence-corrected chi connectivity index (χ1v) is 10.4. The predicted octanol–water partition coefficient (Wildman–Crippen LogP) is 5.24. The number of ketones is 1. The normalized spacial score (nSPS) is 19.9. The van der Waals surface area contributed by atoms with E-state index in [9.17, 15) is 9.59 Å². The molecule has 0 radical (unpaired) electrons. The van der Waals surface area contributed by atoms with E-state index in [0.29, 0.717) is 23.7 Å². The van der Waals surface area contributed by atoms with Crippen LogP contribution < -0.4 is 0 Å². The summed E-state index contributed by atoms with van der Waals surface area (Å²) in [4.78, 5) is 26.1. The van der Waals surface area contributed by atoms with E-state index in [2.05, 4.69) is 18.2 Å². The van der Waals surface area contributed by atoms with E-state index in [4.69, 9.17) is 9.47 Å². The van der Waals surface area contributed by atoms with Crippen LogP contribution in [0.15, 0.2) is 29.5 Å². The number of ether oxygens (including phenoxy) is 2. The van der Waals surface area contributed by atoms with Crippen molar-refractivity contribution < 1.29 is 19.1 Å². The van der Waals surface area contributed by atoms with E-state index in [1.165, 1.54) is 0 Å². The Bertz CT molecular complexity index is 867. The largest absolute Gasteiger partial charge is 0.430 e. The number of allylic oxidation sites excluding steroid dienone is 3. The molecule has 1 aliphatic carbocycles. The minimum absolute atomic E-state index is 0.0109. The monoisotopic (exact) mass is 396 g/mol. The van der Waals surface area contributed by atoms with Crippen LogP contribution in [0.1, 0.15) is 62.3 Å². The second kappa shape index (κ2) is 8.27. The fourth-order valence-corrected chi connectivity index (χ4v) is 4.11. The van der Waals surface area contributed by atoms with Crippen LogP contribution >= 0.6 is 0 Å². The lowest BCUT2D eigenvalue weighted by Crippen LogP contribution is -2.22. The number of carbonyl (C=O) groups excluding carboxylic acids is 2. The zero-order valence-corrected chi connectivity index (χ0v) is 18.5. The summed E-state index contributed by atoms with van der Waals surface area (Å²) in [6, 6.07) is 4.15. The summed E-state index contributed by atoms with van der Waals surface area (Å²) < 4.78 is 11.3. The Morgan fingerprint density at radius 3 is 2.24 bits per heavy atom. The lowest BCUT2D eigenvalue weighted by atomic mass is 9.91. The lowest BCUT2D eigenvalue weighted by molar-refractivity contribution is -0.148. The van der Waals surface area contributed by atoms with Crippen molar-refractivity contribution in [2.24, 2.45) is 11.3 Å². The molecule has 1 aromatic rings. The van der Waals surface area contributed by atoms with Gasteiger partial charge in [-0.25, -0.2) is 0 Å². The minimum Gasteiger partial charge on any atom is -0.430 e. The average Bonchev–Trinajstić information content (AvgIpc) is 2.90. The highest BCUT2D eigenvalue weighted by Crippen LogP contribution is 2.40. The molecule has 0 saturated carbocycles. The summed E-state index contributed by atoms with van der Waals surface area (Å²) in [7, 11) is 0. The van der Waals surface area contributed by atoms with Crippen molar-refractivity contribution in [1.82, 2.24) is 0 Å². The van der Waals surface area contributed by atoms with Crippen LogP contribution in [-0.4, -0.2) is 25.0 Å². The van der Waals surface area contributed by atoms with E-state index < -0.39 is 5.41 Å². The number of hydrogen-bond acceptors (Lipinski definition) is 4. The molecule has 0 N–H and O–H groups in total. The topological polar surface area (TPSA) is 52.6 Å². The summed E-state index contributed by atoms with van der Waals surface area (Å²) in [6.45, 7) is 13.0. The van der Waals surface area contributed by atoms with Crippen molar-refractivity contribution in [2.45, 2.75) is 60.8 Å². The van der Waals surface area contributed by atoms with Crippen LogP contribution in [0, 0.1) is 32.1 Å². The molecule has 1 saturated heterocycles. The molecule has 2 aliphatic rings. The van der Waals surface area contributed by atoms with Crippen molar-refractivity contribution in [2.75, 3.05) is 13.2 Å². The fraction of sp³-hybridized carbons (Fsp3) is 0.520. The summed E-state index contributed by atoms with van der Waals surface area (Å²) in [5, 5.41) is 0. The molecule has 29 heavy (non-hydrogen) atoms. The molecule has 0 bridgehead atoms. The Labute approximate surface area is 174 Å². The van der Waals surface area contributed by atoms with Crippen LogP contribution in [0.3, 0.4) is 0 Å². The van der Waals surface area contributed by atoms with Gasteiger partial charge in [-0.2, -0.15) is 0 Å². The van der Waals surface area contributed by atoms with Gasteiger partial charge in [0.15, 0.2) is 5.78 Å². The number of carbonyl (C=O) groups is 2. The molecule has 1 heterocycles. The Balaban J connectivity index is 2.05. The summed E-state index contributed by atoms with van der Waals surface area (Å²) in [5.74, 6) is 0.501. The maximum atomic E-state index is 13.5. The number of rotatable bonds is 3. The van der Waals surface area contributed by atoms with Gasteiger partial charge in [0, 0.05) is 25.2 Å². The second-order valence-corrected chi connectivity index (χ2v) is 9.36. The van der Waals surface area contributed by atoms with Crippen LogP contribution in [0.4, 0.5) is 0 Å². The highest BCUT2D eigenvalue weighted by atomic mass is 16.5. The first-order chi connectivity index (χ1) is 13.6. The molecule has 1 aliphatic heterocycles. The molecule has 0 atom stereocenters. The second-order valence-electron chi connectivity index (χ2n) is 9.36. The molecule has 0 amide bonds. The van der Waals surface area contributed by atoms with E-state index in [1.807, 2.05) is 41.5 Å². The molecule has 156 valence electrons. The maximum Gasteiger partial charge on any atom is 0.316 e. The Morgan fingerprint density at radius 1 is 1.10 bits per heavy atom. The lowest BCUT2D eigenvalue weighted by Gasteiger charge is -2.19. The van der Waals surface area contributed by atoms with Crippen molar-refractivity contribution in [1.29, 1.82) is 0 Å². The van der Waals surface area contributed by atoms with Crippen molar-refractivity contribution in [3.63, 3.8) is 0 Å². The van der Waals surface area contributed by atoms with Crippen molar-refractivity contribution in [3.8, 4) is 0 Å². The standard InChI is InChI=1S/C25H32O4/c1-15-11-16(2)21(17(3)12-15)22-20(29-24(27)25(4,5)6)14-19(23(22)26)13-18-7-9-28-10-8-18/h11-13,18H,7-10,14H2,1-6H3/b19-13+. The van der Waals surface area contributed by atoms with E-state index in [-0.39, 0.29) is 11.8 Å². The Hall–Kier alpha value is -2.20. The Kier molecular flexibility index (Phi) is 6.13. The first-order valence-electron chi connectivity index (χ1n) is 10.4. The average molecular weight is 397 g/mol. The van der Waals surface area contributed by atoms with Gasteiger partial charge in [0.05, 0.1) is 11.0 Å². The van der Waals surface area contributed by atoms with Gasteiger partial charge >= 0.3 is 5.97 Å². The number of esters is 1. The van der Waals surface area contributed by atoms with Crippen LogP contribution in [-0.2, 0) is 19.1 Å². The molecule has 1 fully saturated rings. The fourth-order valence-electron chi connectivity index (χ4n) is 4.11. The van der Waals surface area contributed by atoms with Gasteiger partial charge in [0.1, 0.15) is 5.76 Å². The van der Waals surface area contributed by atoms with Crippen LogP contribution in [0.5, 0.6) is 0 Å². The van der Waals surface area contributed by atoms with Crippen molar-refractivity contribution in [3.05, 3.63) is 51.8 Å². The molecule has 0 spiro atoms. The SMILES string of the molecule is Cc1cc(C)c(C2=C(OC(=O)C(C)(C)C)C/C(=C\C3CCOCC3)C2=O)c(C)c1. The third-order valence-electron chi connectivity index (χ3n) is 5.61. The number of aryl methyl sites for hydroxylation is 3. The van der Waals surface area contributed by atoms with Gasteiger partial charge in [-0.15, -0.1) is 0 Å². The predicted molar refractivity (Wildman–Crippen MR) is 114 cm³/mol. The maximum absolute atomic E-state index is 13.5. The van der Waals surface area contributed by atoms with E-state index in [1.54, 1.807) is 0 Å². The summed E-state index contributed by atoms with van der Waals surface area (Å²) in [6.07, 6.45) is 4.30. The highest BCUT2D eigenvalue weighted by Gasteiger charge is 2.36. The summed E-state index contributed by atoms with van der Waals surface area (Å²) >= 11 is 0. The number of Topliss-reactive ketones (excluding diaryl/α,β-unsaturated/α-hetero) is 1. The molecule has 4 heteroatoms. The quantitative estimate of drug-likeness (QED) is 0.518. The van der Waals surface area contributed by atoms with Crippen LogP contribution in [0.2, 0.25) is 0 Å². The molecule has 3 rings (SSSR count). The molecule has 0 unspecified atom stereocenters. The van der Waals surface area contributed by atoms with Crippen LogP contribution in [0.25, 0.3) is 5.57 Å². The van der Waals surface area contributed by atoms with Gasteiger partial charge in [-0.3, -0.25) is 9.59 Å². The van der Waals surface area contributed by atoms with Gasteiger partial charge in [-0.05, 0) is 77.0 Å². The number of hydrogen-bond donors (Lipinski definition) is 0. The first kappa shape index (κ1) is 21.5. The molecule has 4 nitrogen and oxygen atoms in total. The van der Waals surface area contributed by atoms with Crippen molar-refractivity contribution >= 4 is 17.3 Å². The minimum atomic E-state index is -0.633. The van der Waals surface area contributed by atoms with Gasteiger partial charge in [0.25, 0.3) is 0 Å². The van der Waals surface area contributed by atoms with Gasteiger partial charge in [0.2, 0.25) is 0 Å². The zero-order chi connectivity index (χ0) is 21.3. The smallest absolute Gasteiger partial charge is 0.316 e. The molecular formula is C25H32O4. The van der Waals surface area contributed by atoms with E-state index >= 15 is 0 Å². The van der Waals surface area contributed by atoms with Gasteiger partial charge in [-0.1, -0.05) is 23.8 Å². The highest BCUT2D eigenvalue weighted by molar-refractivity contribution is 6.32. The third kappa shape index (κ3) is 4.69. The zero-order valence-electron chi connectivity index (χ0n) is 18.5. The Morgan fingerprint density at radius 2 is 1.69 bits per heavy atom. The molecular weight excluding hydrogens is 364 g/mol. The van der Waals surface area contributed by atoms with Gasteiger partial charge < -0.3 is 9.47 Å². The molecule has 1 aromatic carbocycles. The number of benzene rings is 1. The molecule has 0 aromatic heterocycles. The van der Waals surface area contributed by atoms with E-state index in [0.717, 1.165) is 53.9 Å². The summed E-state index contributed by atoms with van der Waals surface area (Å²) in [5.41, 5.74) is 4.77.